The van der Waals surface area contributed by atoms with Crippen LogP contribution in [-0.2, 0) is 11.2 Å². The number of halogens is 1. The first kappa shape index (κ1) is 18.9. The second kappa shape index (κ2) is 9.18. The normalized spacial score (nSPS) is 11.8. The van der Waals surface area contributed by atoms with Crippen LogP contribution in [0.1, 0.15) is 30.1 Å². The largest absolute Gasteiger partial charge is 0.497 e. The number of hydrogen-bond acceptors (Lipinski definition) is 3. The molecule has 0 aliphatic carbocycles. The van der Waals surface area contributed by atoms with E-state index >= 15 is 0 Å². The van der Waals surface area contributed by atoms with Gasteiger partial charge in [-0.05, 0) is 48.2 Å². The van der Waals surface area contributed by atoms with E-state index in [1.807, 2.05) is 6.07 Å². The standard InChI is InChI=1S/C20H24FNO3/c1-22(14-19(23)16-6-4-7-18(13-16)25-2)20(24)8-3-5-15-9-11-17(21)12-10-15/h4,6-7,9-13,19,23H,3,5,8,14H2,1-2H3. The number of ether oxygens (including phenoxy) is 1. The number of nitrogens with zero attached hydrogens (tertiary/aromatic N) is 1. The molecule has 2 aromatic rings. The van der Waals surface area contributed by atoms with Crippen LogP contribution in [0.15, 0.2) is 48.5 Å². The van der Waals surface area contributed by atoms with E-state index in [4.69, 9.17) is 4.74 Å². The van der Waals surface area contributed by atoms with Crippen molar-refractivity contribution in [1.29, 1.82) is 0 Å². The van der Waals surface area contributed by atoms with Crippen LogP contribution >= 0.6 is 0 Å². The summed E-state index contributed by atoms with van der Waals surface area (Å²) in [6, 6.07) is 13.5. The van der Waals surface area contributed by atoms with Crippen LogP contribution in [0, 0.1) is 5.82 Å². The predicted molar refractivity (Wildman–Crippen MR) is 94.9 cm³/mol. The zero-order valence-corrected chi connectivity index (χ0v) is 14.6. The number of aryl methyl sites for hydroxylation is 1. The Bertz CT molecular complexity index is 688. The Labute approximate surface area is 147 Å². The number of carbonyl (C=O) groups excluding carboxylic acids is 1. The summed E-state index contributed by atoms with van der Waals surface area (Å²) in [5.41, 5.74) is 1.72. The minimum Gasteiger partial charge on any atom is -0.497 e. The van der Waals surface area contributed by atoms with Crippen LogP contribution in [0.4, 0.5) is 4.39 Å². The van der Waals surface area contributed by atoms with Gasteiger partial charge in [-0.1, -0.05) is 24.3 Å². The molecule has 0 radical (unpaired) electrons. The summed E-state index contributed by atoms with van der Waals surface area (Å²) in [5.74, 6) is 0.389. The zero-order chi connectivity index (χ0) is 18.2. The molecule has 1 amide bonds. The third-order valence-corrected chi connectivity index (χ3v) is 4.12. The fourth-order valence-electron chi connectivity index (χ4n) is 2.60. The molecule has 5 heteroatoms. The van der Waals surface area contributed by atoms with Crippen molar-refractivity contribution in [2.75, 3.05) is 20.7 Å². The quantitative estimate of drug-likeness (QED) is 0.798. The number of rotatable bonds is 8. The van der Waals surface area contributed by atoms with E-state index in [0.29, 0.717) is 24.2 Å². The molecule has 1 atom stereocenters. The van der Waals surface area contributed by atoms with Crippen LogP contribution in [0.5, 0.6) is 5.75 Å². The molecule has 0 fully saturated rings. The Hall–Kier alpha value is -2.40. The van der Waals surface area contributed by atoms with Crippen LogP contribution in [-0.4, -0.2) is 36.6 Å². The van der Waals surface area contributed by atoms with Gasteiger partial charge in [0.25, 0.3) is 0 Å². The third kappa shape index (κ3) is 5.87. The fourth-order valence-corrected chi connectivity index (χ4v) is 2.60. The predicted octanol–water partition coefficient (Wildman–Crippen LogP) is 3.35. The number of hydrogen-bond donors (Lipinski definition) is 1. The lowest BCUT2D eigenvalue weighted by molar-refractivity contribution is -0.131. The van der Waals surface area contributed by atoms with Crippen molar-refractivity contribution in [2.45, 2.75) is 25.4 Å². The van der Waals surface area contributed by atoms with Crippen molar-refractivity contribution in [3.63, 3.8) is 0 Å². The van der Waals surface area contributed by atoms with Gasteiger partial charge in [0.2, 0.25) is 5.91 Å². The molecule has 0 spiro atoms. The van der Waals surface area contributed by atoms with E-state index in [2.05, 4.69) is 0 Å². The molecule has 0 heterocycles. The highest BCUT2D eigenvalue weighted by Crippen LogP contribution is 2.20. The third-order valence-electron chi connectivity index (χ3n) is 4.12. The van der Waals surface area contributed by atoms with Crippen LogP contribution in [0.2, 0.25) is 0 Å². The average molecular weight is 345 g/mol. The summed E-state index contributed by atoms with van der Waals surface area (Å²) in [5, 5.41) is 10.3. The second-order valence-corrected chi connectivity index (χ2v) is 6.05. The number of aliphatic hydroxyl groups excluding tert-OH is 1. The molecule has 2 aromatic carbocycles. The van der Waals surface area contributed by atoms with Crippen molar-refractivity contribution < 1.29 is 19.0 Å². The molecule has 0 saturated carbocycles. The molecular weight excluding hydrogens is 321 g/mol. The molecule has 0 bridgehead atoms. The molecule has 134 valence electrons. The van der Waals surface area contributed by atoms with Crippen LogP contribution in [0.3, 0.4) is 0 Å². The van der Waals surface area contributed by atoms with Gasteiger partial charge in [-0.25, -0.2) is 4.39 Å². The highest BCUT2D eigenvalue weighted by molar-refractivity contribution is 5.75. The van der Waals surface area contributed by atoms with Gasteiger partial charge in [0.1, 0.15) is 11.6 Å². The highest BCUT2D eigenvalue weighted by atomic mass is 19.1. The van der Waals surface area contributed by atoms with Gasteiger partial charge in [0.15, 0.2) is 0 Å². The lowest BCUT2D eigenvalue weighted by atomic mass is 10.1. The van der Waals surface area contributed by atoms with Crippen LogP contribution in [0.25, 0.3) is 0 Å². The van der Waals surface area contributed by atoms with E-state index in [0.717, 1.165) is 12.0 Å². The van der Waals surface area contributed by atoms with Crippen molar-refractivity contribution in [2.24, 2.45) is 0 Å². The lowest BCUT2D eigenvalue weighted by Gasteiger charge is -2.21. The van der Waals surface area contributed by atoms with Gasteiger partial charge in [0.05, 0.1) is 19.8 Å². The van der Waals surface area contributed by atoms with Crippen molar-refractivity contribution in [3.8, 4) is 5.75 Å². The molecule has 2 rings (SSSR count). The summed E-state index contributed by atoms with van der Waals surface area (Å²) >= 11 is 0. The van der Waals surface area contributed by atoms with Gasteiger partial charge in [-0.3, -0.25) is 4.79 Å². The first-order valence-electron chi connectivity index (χ1n) is 8.30. The Morgan fingerprint density at radius 2 is 1.96 bits per heavy atom. The number of aliphatic hydroxyl groups is 1. The maximum atomic E-state index is 12.9. The van der Waals surface area contributed by atoms with Gasteiger partial charge in [-0.2, -0.15) is 0 Å². The lowest BCUT2D eigenvalue weighted by Crippen LogP contribution is -2.31. The van der Waals surface area contributed by atoms with E-state index in [1.54, 1.807) is 44.5 Å². The van der Waals surface area contributed by atoms with Gasteiger partial charge in [0, 0.05) is 13.5 Å². The summed E-state index contributed by atoms with van der Waals surface area (Å²) in [7, 11) is 3.26. The summed E-state index contributed by atoms with van der Waals surface area (Å²) in [6.45, 7) is 0.225. The van der Waals surface area contributed by atoms with E-state index in [1.165, 1.54) is 17.0 Å². The summed E-state index contributed by atoms with van der Waals surface area (Å²) < 4.78 is 18.0. The minimum absolute atomic E-state index is 0.0240. The number of benzene rings is 2. The van der Waals surface area contributed by atoms with E-state index in [-0.39, 0.29) is 18.3 Å². The molecule has 0 aromatic heterocycles. The first-order chi connectivity index (χ1) is 12.0. The summed E-state index contributed by atoms with van der Waals surface area (Å²) in [4.78, 5) is 13.7. The van der Waals surface area contributed by atoms with E-state index < -0.39 is 6.10 Å². The smallest absolute Gasteiger partial charge is 0.222 e. The molecule has 1 unspecified atom stereocenters. The molecule has 25 heavy (non-hydrogen) atoms. The topological polar surface area (TPSA) is 49.8 Å². The molecule has 0 aliphatic rings. The Morgan fingerprint density at radius 1 is 1.24 bits per heavy atom. The minimum atomic E-state index is -0.763. The molecule has 0 aliphatic heterocycles. The maximum Gasteiger partial charge on any atom is 0.222 e. The molecule has 1 N–H and O–H groups in total. The maximum absolute atomic E-state index is 12.9. The Morgan fingerprint density at radius 3 is 2.64 bits per heavy atom. The number of likely N-dealkylation sites (N-methyl/N-ethyl adjacent to an activating group) is 1. The zero-order valence-electron chi connectivity index (χ0n) is 14.6. The van der Waals surface area contributed by atoms with Gasteiger partial charge in [-0.15, -0.1) is 0 Å². The average Bonchev–Trinajstić information content (AvgIpc) is 2.63. The van der Waals surface area contributed by atoms with Gasteiger partial charge < -0.3 is 14.7 Å². The van der Waals surface area contributed by atoms with Crippen LogP contribution < -0.4 is 4.74 Å². The van der Waals surface area contributed by atoms with Crippen molar-refractivity contribution >= 4 is 5.91 Å². The molecular formula is C20H24FNO3. The van der Waals surface area contributed by atoms with Gasteiger partial charge >= 0.3 is 0 Å². The Kier molecular flexibility index (Phi) is 6.95. The fraction of sp³-hybridized carbons (Fsp3) is 0.350. The monoisotopic (exact) mass is 345 g/mol. The number of amides is 1. The Balaban J connectivity index is 1.79. The number of carbonyl (C=O) groups is 1. The van der Waals surface area contributed by atoms with E-state index in [9.17, 15) is 14.3 Å². The van der Waals surface area contributed by atoms with Crippen molar-refractivity contribution in [1.82, 2.24) is 4.90 Å². The first-order valence-corrected chi connectivity index (χ1v) is 8.30. The summed E-state index contributed by atoms with van der Waals surface area (Å²) in [6.07, 6.45) is 1.03. The second-order valence-electron chi connectivity index (χ2n) is 6.05. The SMILES string of the molecule is COc1cccc(C(O)CN(C)C(=O)CCCc2ccc(F)cc2)c1. The highest BCUT2D eigenvalue weighted by Gasteiger charge is 2.15. The molecule has 0 saturated heterocycles. The van der Waals surface area contributed by atoms with Crippen molar-refractivity contribution in [3.05, 3.63) is 65.5 Å². The number of methoxy groups -OCH3 is 1. The molecule has 4 nitrogen and oxygen atoms in total.